The van der Waals surface area contributed by atoms with E-state index in [1.165, 1.54) is 11.8 Å². The van der Waals surface area contributed by atoms with Gasteiger partial charge in [0, 0.05) is 35.5 Å². The van der Waals surface area contributed by atoms with Crippen LogP contribution in [0.4, 0.5) is 5.82 Å². The molecule has 1 aromatic heterocycles. The van der Waals surface area contributed by atoms with Crippen LogP contribution in [-0.2, 0) is 12.3 Å². The highest BCUT2D eigenvalue weighted by Crippen LogP contribution is 2.40. The standard InChI is InChI=1S/C29H31N5O4S/c1-32-15-25-26(20-7-9-23(10-8-20)38-17-22(36)16-35)24(14-30)29(33-28(25)34-11-2-3-12-34)39-18-19-5-4-6-21(13-19)27(31)37/h4-10,13,22,35-36H,1-3,11-12,15-18H2,(H2,31,37). The number of anilines is 1. The fourth-order valence-electron chi connectivity index (χ4n) is 4.50. The Bertz CT molecular complexity index is 1370. The first-order valence-corrected chi connectivity index (χ1v) is 13.6. The number of nitrogens with zero attached hydrogens (tertiary/aromatic N) is 4. The van der Waals surface area contributed by atoms with Gasteiger partial charge in [-0.1, -0.05) is 24.3 Å². The van der Waals surface area contributed by atoms with Crippen molar-refractivity contribution in [1.82, 2.24) is 4.98 Å². The van der Waals surface area contributed by atoms with Crippen LogP contribution in [0.2, 0.25) is 0 Å². The average molecular weight is 546 g/mol. The molecule has 4 rings (SSSR count). The van der Waals surface area contributed by atoms with Crippen molar-refractivity contribution in [3.63, 3.8) is 0 Å². The SMILES string of the molecule is C=NCc1c(N2CCCC2)nc(SCc2cccc(C(N)=O)c2)c(C#N)c1-c1ccc(OCC(O)CO)cc1. The summed E-state index contributed by atoms with van der Waals surface area (Å²) < 4.78 is 5.57. The van der Waals surface area contributed by atoms with E-state index in [1.807, 2.05) is 18.2 Å². The number of aliphatic imine (C=N–C) groups is 1. The van der Waals surface area contributed by atoms with Gasteiger partial charge < -0.3 is 25.6 Å². The van der Waals surface area contributed by atoms with E-state index in [9.17, 15) is 15.2 Å². The normalized spacial score (nSPS) is 13.6. The molecule has 0 aliphatic carbocycles. The number of hydrogen-bond acceptors (Lipinski definition) is 9. The summed E-state index contributed by atoms with van der Waals surface area (Å²) in [5, 5.41) is 29.6. The number of benzene rings is 2. The number of primary amides is 1. The molecule has 1 saturated heterocycles. The Morgan fingerprint density at radius 3 is 2.64 bits per heavy atom. The van der Waals surface area contributed by atoms with Crippen molar-refractivity contribution in [2.45, 2.75) is 36.3 Å². The Hall–Kier alpha value is -3.91. The number of nitriles is 1. The van der Waals surface area contributed by atoms with E-state index >= 15 is 0 Å². The van der Waals surface area contributed by atoms with Crippen molar-refractivity contribution in [2.24, 2.45) is 10.7 Å². The van der Waals surface area contributed by atoms with Crippen molar-refractivity contribution in [1.29, 1.82) is 5.26 Å². The first kappa shape index (κ1) is 28.1. The van der Waals surface area contributed by atoms with Crippen molar-refractivity contribution >= 4 is 30.2 Å². The fourth-order valence-corrected chi connectivity index (χ4v) is 5.42. The lowest BCUT2D eigenvalue weighted by Crippen LogP contribution is -2.22. The lowest BCUT2D eigenvalue weighted by atomic mass is 9.95. The molecule has 202 valence electrons. The van der Waals surface area contributed by atoms with Gasteiger partial charge in [0.25, 0.3) is 0 Å². The first-order chi connectivity index (χ1) is 18.9. The predicted molar refractivity (Wildman–Crippen MR) is 152 cm³/mol. The van der Waals surface area contributed by atoms with Gasteiger partial charge >= 0.3 is 0 Å². The van der Waals surface area contributed by atoms with E-state index in [0.717, 1.165) is 54.0 Å². The molecule has 10 heteroatoms. The molecule has 3 aromatic rings. The van der Waals surface area contributed by atoms with Crippen molar-refractivity contribution in [2.75, 3.05) is 31.2 Å². The number of amides is 1. The number of aromatic nitrogens is 1. The van der Waals surface area contributed by atoms with Crippen molar-refractivity contribution in [3.05, 3.63) is 70.8 Å². The van der Waals surface area contributed by atoms with Crippen LogP contribution >= 0.6 is 11.8 Å². The quantitative estimate of drug-likeness (QED) is 0.231. The smallest absolute Gasteiger partial charge is 0.248 e. The van der Waals surface area contributed by atoms with Gasteiger partial charge in [0.15, 0.2) is 0 Å². The maximum Gasteiger partial charge on any atom is 0.248 e. The first-order valence-electron chi connectivity index (χ1n) is 12.6. The third-order valence-corrected chi connectivity index (χ3v) is 7.46. The van der Waals surface area contributed by atoms with E-state index in [1.54, 1.807) is 30.3 Å². The number of nitrogens with two attached hydrogens (primary N) is 1. The van der Waals surface area contributed by atoms with Crippen molar-refractivity contribution < 1.29 is 19.7 Å². The lowest BCUT2D eigenvalue weighted by molar-refractivity contribution is 0.0536. The molecule has 1 amide bonds. The number of carbonyl (C=O) groups excluding carboxylic acids is 1. The minimum Gasteiger partial charge on any atom is -0.491 e. The molecule has 2 heterocycles. The minimum absolute atomic E-state index is 0.0307. The topological polar surface area (TPSA) is 145 Å². The van der Waals surface area contributed by atoms with Crippen LogP contribution in [0.5, 0.6) is 5.75 Å². The molecule has 1 atom stereocenters. The van der Waals surface area contributed by atoms with Gasteiger partial charge in [-0.2, -0.15) is 5.26 Å². The van der Waals surface area contributed by atoms with Gasteiger partial charge in [0.1, 0.15) is 35.4 Å². The number of carbonyl (C=O) groups is 1. The van der Waals surface area contributed by atoms with Gasteiger partial charge in [-0.05, 0) is 55.0 Å². The van der Waals surface area contributed by atoms with Crippen LogP contribution in [0.3, 0.4) is 0 Å². The van der Waals surface area contributed by atoms with Gasteiger partial charge in [0.05, 0.1) is 18.7 Å². The van der Waals surface area contributed by atoms with Crippen LogP contribution in [-0.4, -0.2) is 60.2 Å². The summed E-state index contributed by atoms with van der Waals surface area (Å²) >= 11 is 1.44. The molecule has 1 unspecified atom stereocenters. The van der Waals surface area contributed by atoms with Gasteiger partial charge in [-0.25, -0.2) is 4.98 Å². The van der Waals surface area contributed by atoms with E-state index in [0.29, 0.717) is 34.2 Å². The van der Waals surface area contributed by atoms with Crippen molar-refractivity contribution in [3.8, 4) is 22.9 Å². The summed E-state index contributed by atoms with van der Waals surface area (Å²) in [4.78, 5) is 23.0. The summed E-state index contributed by atoms with van der Waals surface area (Å²) in [6.07, 6.45) is 1.16. The molecule has 0 radical (unpaired) electrons. The molecular weight excluding hydrogens is 514 g/mol. The molecule has 1 aliphatic heterocycles. The second kappa shape index (κ2) is 13.2. The summed E-state index contributed by atoms with van der Waals surface area (Å²) in [6.45, 7) is 5.33. The number of aliphatic hydroxyl groups is 2. The fraction of sp³-hybridized carbons (Fsp3) is 0.310. The molecular formula is C29H31N5O4S. The number of aliphatic hydroxyl groups excluding tert-OH is 2. The Morgan fingerprint density at radius 1 is 1.26 bits per heavy atom. The maximum absolute atomic E-state index is 11.6. The van der Waals surface area contributed by atoms with Gasteiger partial charge in [-0.15, -0.1) is 11.8 Å². The zero-order chi connectivity index (χ0) is 27.8. The zero-order valence-corrected chi connectivity index (χ0v) is 22.4. The molecule has 0 spiro atoms. The maximum atomic E-state index is 11.6. The van der Waals surface area contributed by atoms with Crippen LogP contribution in [0.1, 0.15) is 39.9 Å². The Kier molecular flexibility index (Phi) is 9.54. The number of pyridine rings is 1. The third kappa shape index (κ3) is 6.75. The van der Waals surface area contributed by atoms with Crippen LogP contribution in [0, 0.1) is 11.3 Å². The summed E-state index contributed by atoms with van der Waals surface area (Å²) in [5.41, 5.74) is 9.62. The average Bonchev–Trinajstić information content (AvgIpc) is 3.50. The number of ether oxygens (including phenoxy) is 1. The molecule has 39 heavy (non-hydrogen) atoms. The second-order valence-electron chi connectivity index (χ2n) is 9.18. The zero-order valence-electron chi connectivity index (χ0n) is 21.5. The molecule has 2 aromatic carbocycles. The van der Waals surface area contributed by atoms with Crippen LogP contribution in [0.25, 0.3) is 11.1 Å². The molecule has 0 bridgehead atoms. The number of thioether (sulfide) groups is 1. The molecule has 1 aliphatic rings. The monoisotopic (exact) mass is 545 g/mol. The molecule has 0 saturated carbocycles. The summed E-state index contributed by atoms with van der Waals surface area (Å²) in [7, 11) is 0. The Balaban J connectivity index is 1.77. The highest BCUT2D eigenvalue weighted by Gasteiger charge is 2.26. The second-order valence-corrected chi connectivity index (χ2v) is 10.1. The number of rotatable bonds is 12. The molecule has 9 nitrogen and oxygen atoms in total. The van der Waals surface area contributed by atoms with E-state index < -0.39 is 12.0 Å². The highest BCUT2D eigenvalue weighted by molar-refractivity contribution is 7.98. The van der Waals surface area contributed by atoms with E-state index in [2.05, 4.69) is 22.7 Å². The Morgan fingerprint density at radius 2 is 2.00 bits per heavy atom. The van der Waals surface area contributed by atoms with Crippen LogP contribution in [0.15, 0.2) is 58.5 Å². The third-order valence-electron chi connectivity index (χ3n) is 6.41. The van der Waals surface area contributed by atoms with Gasteiger partial charge in [-0.3, -0.25) is 9.79 Å². The molecule has 4 N–H and O–H groups in total. The van der Waals surface area contributed by atoms with E-state index in [-0.39, 0.29) is 13.2 Å². The highest BCUT2D eigenvalue weighted by atomic mass is 32.2. The summed E-state index contributed by atoms with van der Waals surface area (Å²) in [6, 6.07) is 16.8. The largest absolute Gasteiger partial charge is 0.491 e. The lowest BCUT2D eigenvalue weighted by Gasteiger charge is -2.24. The van der Waals surface area contributed by atoms with Gasteiger partial charge in [0.2, 0.25) is 5.91 Å². The van der Waals surface area contributed by atoms with Crippen LogP contribution < -0.4 is 15.4 Å². The predicted octanol–water partition coefficient (Wildman–Crippen LogP) is 3.54. The van der Waals surface area contributed by atoms with E-state index in [4.69, 9.17) is 20.6 Å². The number of hydrogen-bond donors (Lipinski definition) is 3. The Labute approximate surface area is 232 Å². The molecule has 1 fully saturated rings. The summed E-state index contributed by atoms with van der Waals surface area (Å²) in [5.74, 6) is 1.34. The minimum atomic E-state index is -0.966.